The van der Waals surface area contributed by atoms with E-state index in [0.717, 1.165) is 11.3 Å². The predicted octanol–water partition coefficient (Wildman–Crippen LogP) is 4.40. The molecule has 0 aliphatic rings. The van der Waals surface area contributed by atoms with Crippen LogP contribution in [0.15, 0.2) is 42.0 Å². The van der Waals surface area contributed by atoms with Gasteiger partial charge in [0.15, 0.2) is 5.78 Å². The number of ketones is 1. The van der Waals surface area contributed by atoms with Gasteiger partial charge in [0.1, 0.15) is 17.3 Å². The number of methoxy groups -OCH3 is 1. The molecule has 1 aromatic carbocycles. The first-order valence-electron chi connectivity index (χ1n) is 7.60. The maximum absolute atomic E-state index is 14.5. The highest BCUT2D eigenvalue weighted by atomic mass is 19.1. The zero-order valence-electron chi connectivity index (χ0n) is 14.6. The monoisotopic (exact) mass is 328 g/mol. The van der Waals surface area contributed by atoms with Crippen LogP contribution >= 0.6 is 0 Å². The minimum Gasteiger partial charge on any atom is -0.497 e. The van der Waals surface area contributed by atoms with Gasteiger partial charge in [0.05, 0.1) is 12.8 Å². The number of allylic oxidation sites excluding steroid dienone is 3. The second-order valence-electron chi connectivity index (χ2n) is 5.78. The van der Waals surface area contributed by atoms with Gasteiger partial charge in [0.25, 0.3) is 0 Å². The van der Waals surface area contributed by atoms with Gasteiger partial charge < -0.3 is 4.74 Å². The number of benzene rings is 1. The summed E-state index contributed by atoms with van der Waals surface area (Å²) in [6.45, 7) is 7.20. The average molecular weight is 328 g/mol. The number of carbonyl (C=O) groups excluding carboxylic acids is 1. The summed E-state index contributed by atoms with van der Waals surface area (Å²) in [7, 11) is 1.49. The first-order chi connectivity index (χ1) is 11.3. The van der Waals surface area contributed by atoms with Gasteiger partial charge in [0, 0.05) is 24.2 Å². The number of nitrogens with zero attached hydrogens (tertiary/aromatic N) is 2. The van der Waals surface area contributed by atoms with Crippen molar-refractivity contribution in [3.05, 3.63) is 64.8 Å². The standard InChI is InChI=1S/C19H21FN2O2/c1-12(2)6-9-19(16-8-7-15(24-5)11-17(16)20)22-13(3)10-18(21-22)14(4)23/h6-11H,1-5H3/b19-9-. The number of rotatable bonds is 5. The van der Waals surface area contributed by atoms with Gasteiger partial charge >= 0.3 is 0 Å². The van der Waals surface area contributed by atoms with Gasteiger partial charge in [-0.15, -0.1) is 0 Å². The van der Waals surface area contributed by atoms with Gasteiger partial charge in [-0.1, -0.05) is 11.6 Å². The van der Waals surface area contributed by atoms with Gasteiger partial charge in [-0.2, -0.15) is 5.10 Å². The van der Waals surface area contributed by atoms with Crippen molar-refractivity contribution in [2.24, 2.45) is 0 Å². The largest absolute Gasteiger partial charge is 0.497 e. The Bertz CT molecular complexity index is 828. The molecule has 1 aromatic heterocycles. The third-order valence-corrected chi connectivity index (χ3v) is 3.50. The highest BCUT2D eigenvalue weighted by molar-refractivity contribution is 5.92. The Morgan fingerprint density at radius 1 is 1.21 bits per heavy atom. The lowest BCUT2D eigenvalue weighted by Crippen LogP contribution is -2.06. The predicted molar refractivity (Wildman–Crippen MR) is 92.7 cm³/mol. The van der Waals surface area contributed by atoms with E-state index in [1.54, 1.807) is 29.0 Å². The first-order valence-corrected chi connectivity index (χ1v) is 7.60. The summed E-state index contributed by atoms with van der Waals surface area (Å²) < 4.78 is 21.2. The molecule has 4 nitrogen and oxygen atoms in total. The Hall–Kier alpha value is -2.69. The molecule has 0 fully saturated rings. The molecular formula is C19H21FN2O2. The van der Waals surface area contributed by atoms with Crippen molar-refractivity contribution in [1.82, 2.24) is 9.78 Å². The number of Topliss-reactive ketones (excluding diaryl/α,β-unsaturated/α-hetero) is 1. The molecule has 0 bridgehead atoms. The molecule has 0 atom stereocenters. The maximum Gasteiger partial charge on any atom is 0.180 e. The summed E-state index contributed by atoms with van der Waals surface area (Å²) in [4.78, 5) is 11.6. The molecule has 0 aliphatic carbocycles. The van der Waals surface area contributed by atoms with Gasteiger partial charge in [0.2, 0.25) is 0 Å². The molecule has 0 saturated heterocycles. The van der Waals surface area contributed by atoms with E-state index in [4.69, 9.17) is 4.74 Å². The fourth-order valence-electron chi connectivity index (χ4n) is 2.24. The lowest BCUT2D eigenvalue weighted by molar-refractivity contribution is 0.101. The smallest absolute Gasteiger partial charge is 0.180 e. The van der Waals surface area contributed by atoms with Crippen LogP contribution in [0.5, 0.6) is 5.75 Å². The van der Waals surface area contributed by atoms with E-state index in [2.05, 4.69) is 5.10 Å². The number of carbonyl (C=O) groups is 1. The van der Waals surface area contributed by atoms with Crippen molar-refractivity contribution in [3.8, 4) is 5.75 Å². The summed E-state index contributed by atoms with van der Waals surface area (Å²) in [5, 5.41) is 4.32. The normalized spacial score (nSPS) is 11.3. The van der Waals surface area contributed by atoms with Crippen LogP contribution in [0.2, 0.25) is 0 Å². The number of ether oxygens (including phenoxy) is 1. The number of hydrogen-bond acceptors (Lipinski definition) is 3. The van der Waals surface area contributed by atoms with Crippen LogP contribution in [-0.4, -0.2) is 22.7 Å². The van der Waals surface area contributed by atoms with Gasteiger partial charge in [-0.3, -0.25) is 4.79 Å². The highest BCUT2D eigenvalue weighted by Crippen LogP contribution is 2.25. The van der Waals surface area contributed by atoms with E-state index >= 15 is 0 Å². The molecule has 2 aromatic rings. The van der Waals surface area contributed by atoms with Crippen LogP contribution < -0.4 is 4.74 Å². The highest BCUT2D eigenvalue weighted by Gasteiger charge is 2.16. The molecule has 0 aliphatic heterocycles. The molecule has 24 heavy (non-hydrogen) atoms. The number of aromatic nitrogens is 2. The fourth-order valence-corrected chi connectivity index (χ4v) is 2.24. The molecule has 1 heterocycles. The van der Waals surface area contributed by atoms with Crippen LogP contribution in [0.25, 0.3) is 5.70 Å². The number of hydrogen-bond donors (Lipinski definition) is 0. The van der Waals surface area contributed by atoms with Crippen LogP contribution in [0.3, 0.4) is 0 Å². The van der Waals surface area contributed by atoms with E-state index in [0.29, 0.717) is 22.7 Å². The van der Waals surface area contributed by atoms with Crippen molar-refractivity contribution in [3.63, 3.8) is 0 Å². The zero-order valence-corrected chi connectivity index (χ0v) is 14.6. The van der Waals surface area contributed by atoms with Crippen LogP contribution in [0.4, 0.5) is 4.39 Å². The maximum atomic E-state index is 14.5. The summed E-state index contributed by atoms with van der Waals surface area (Å²) in [5.41, 5.74) is 3.11. The Morgan fingerprint density at radius 2 is 1.92 bits per heavy atom. The fraction of sp³-hybridized carbons (Fsp3) is 0.263. The Labute approximate surface area is 141 Å². The molecule has 0 N–H and O–H groups in total. The molecule has 0 spiro atoms. The molecule has 0 amide bonds. The van der Waals surface area contributed by atoms with Gasteiger partial charge in [-0.25, -0.2) is 9.07 Å². The van der Waals surface area contributed by atoms with Crippen molar-refractivity contribution >= 4 is 11.5 Å². The van der Waals surface area contributed by atoms with Crippen molar-refractivity contribution in [1.29, 1.82) is 0 Å². The Kier molecular flexibility index (Phi) is 5.34. The van der Waals surface area contributed by atoms with Crippen LogP contribution in [0.1, 0.15) is 42.5 Å². The van der Waals surface area contributed by atoms with Crippen LogP contribution in [0, 0.1) is 12.7 Å². The summed E-state index contributed by atoms with van der Waals surface area (Å²) in [6.07, 6.45) is 3.68. The minimum atomic E-state index is -0.415. The third kappa shape index (κ3) is 3.79. The van der Waals surface area contributed by atoms with Gasteiger partial charge in [-0.05, 0) is 45.0 Å². The van der Waals surface area contributed by atoms with E-state index in [1.807, 2.05) is 26.8 Å². The SMILES string of the molecule is COc1ccc(/C(=C/C=C(C)C)n2nc(C(C)=O)cc2C)c(F)c1. The molecule has 0 radical (unpaired) electrons. The molecule has 5 heteroatoms. The third-order valence-electron chi connectivity index (χ3n) is 3.50. The summed E-state index contributed by atoms with van der Waals surface area (Å²) in [6, 6.07) is 6.36. The van der Waals surface area contributed by atoms with E-state index in [-0.39, 0.29) is 5.78 Å². The molecule has 0 unspecified atom stereocenters. The minimum absolute atomic E-state index is 0.131. The van der Waals surface area contributed by atoms with Crippen molar-refractivity contribution in [2.45, 2.75) is 27.7 Å². The van der Waals surface area contributed by atoms with E-state index in [1.165, 1.54) is 20.1 Å². The summed E-state index contributed by atoms with van der Waals surface area (Å²) in [5.74, 6) is -0.102. The Morgan fingerprint density at radius 3 is 2.42 bits per heavy atom. The molecular weight excluding hydrogens is 307 g/mol. The lowest BCUT2D eigenvalue weighted by Gasteiger charge is -2.12. The number of aryl methyl sites for hydroxylation is 1. The zero-order chi connectivity index (χ0) is 17.9. The quantitative estimate of drug-likeness (QED) is 0.604. The van der Waals surface area contributed by atoms with E-state index in [9.17, 15) is 9.18 Å². The summed E-state index contributed by atoms with van der Waals surface area (Å²) >= 11 is 0. The second kappa shape index (κ2) is 7.25. The second-order valence-corrected chi connectivity index (χ2v) is 5.78. The molecule has 0 saturated carbocycles. The van der Waals surface area contributed by atoms with E-state index < -0.39 is 5.82 Å². The van der Waals surface area contributed by atoms with Crippen LogP contribution in [-0.2, 0) is 0 Å². The molecule has 126 valence electrons. The topological polar surface area (TPSA) is 44.1 Å². The lowest BCUT2D eigenvalue weighted by atomic mass is 10.1. The van der Waals surface area contributed by atoms with Crippen molar-refractivity contribution in [2.75, 3.05) is 7.11 Å². The Balaban J connectivity index is 2.65. The molecule has 2 rings (SSSR count). The number of halogens is 1. The first kappa shape index (κ1) is 17.7. The average Bonchev–Trinajstić information content (AvgIpc) is 2.90. The van der Waals surface area contributed by atoms with Crippen molar-refractivity contribution < 1.29 is 13.9 Å².